The van der Waals surface area contributed by atoms with Crippen LogP contribution in [-0.2, 0) is 6.42 Å². The van der Waals surface area contributed by atoms with Gasteiger partial charge in [0.25, 0.3) is 0 Å². The Morgan fingerprint density at radius 2 is 1.95 bits per heavy atom. The number of anilines is 1. The van der Waals surface area contributed by atoms with Crippen molar-refractivity contribution in [1.29, 1.82) is 0 Å². The van der Waals surface area contributed by atoms with E-state index < -0.39 is 0 Å². The maximum absolute atomic E-state index is 5.88. The highest BCUT2D eigenvalue weighted by atomic mass is 16.5. The molecule has 0 aliphatic carbocycles. The standard InChI is InChI=1S/C15H19N3O/c1-4-5-13-14(16)17-9-18-15(13)19-12-7-6-10(2)11(3)8-12/h6-9H,4-5H2,1-3H3,(H2,16,17,18). The van der Waals surface area contributed by atoms with Gasteiger partial charge in [-0.3, -0.25) is 0 Å². The second-order valence-electron chi connectivity index (χ2n) is 4.64. The van der Waals surface area contributed by atoms with Gasteiger partial charge in [0.1, 0.15) is 17.9 Å². The fourth-order valence-corrected chi connectivity index (χ4v) is 1.87. The van der Waals surface area contributed by atoms with Gasteiger partial charge in [-0.25, -0.2) is 9.97 Å². The maximum atomic E-state index is 5.88. The van der Waals surface area contributed by atoms with E-state index in [9.17, 15) is 0 Å². The molecule has 0 spiro atoms. The SMILES string of the molecule is CCCc1c(N)ncnc1Oc1ccc(C)c(C)c1. The molecule has 0 saturated carbocycles. The molecule has 2 N–H and O–H groups in total. The largest absolute Gasteiger partial charge is 0.439 e. The highest BCUT2D eigenvalue weighted by Crippen LogP contribution is 2.27. The van der Waals surface area contributed by atoms with Crippen molar-refractivity contribution in [2.45, 2.75) is 33.6 Å². The van der Waals surface area contributed by atoms with E-state index in [4.69, 9.17) is 10.5 Å². The molecule has 0 aliphatic rings. The zero-order valence-corrected chi connectivity index (χ0v) is 11.6. The lowest BCUT2D eigenvalue weighted by Gasteiger charge is -2.11. The molecule has 0 aliphatic heterocycles. The Labute approximate surface area is 113 Å². The molecule has 0 amide bonds. The van der Waals surface area contributed by atoms with Crippen LogP contribution < -0.4 is 10.5 Å². The first-order valence-corrected chi connectivity index (χ1v) is 6.46. The monoisotopic (exact) mass is 257 g/mol. The predicted molar refractivity (Wildman–Crippen MR) is 76.4 cm³/mol. The highest BCUT2D eigenvalue weighted by molar-refractivity contribution is 5.46. The molecule has 1 heterocycles. The van der Waals surface area contributed by atoms with Gasteiger partial charge in [0.05, 0.1) is 5.56 Å². The van der Waals surface area contributed by atoms with Crippen molar-refractivity contribution >= 4 is 5.82 Å². The Balaban J connectivity index is 2.32. The van der Waals surface area contributed by atoms with Gasteiger partial charge < -0.3 is 10.5 Å². The first kappa shape index (κ1) is 13.3. The van der Waals surface area contributed by atoms with E-state index in [1.807, 2.05) is 18.2 Å². The minimum atomic E-state index is 0.496. The molecule has 100 valence electrons. The fourth-order valence-electron chi connectivity index (χ4n) is 1.87. The third kappa shape index (κ3) is 3.02. The van der Waals surface area contributed by atoms with Crippen LogP contribution in [0.3, 0.4) is 0 Å². The first-order valence-electron chi connectivity index (χ1n) is 6.46. The van der Waals surface area contributed by atoms with Gasteiger partial charge in [-0.15, -0.1) is 0 Å². The van der Waals surface area contributed by atoms with Gasteiger partial charge in [0.15, 0.2) is 0 Å². The van der Waals surface area contributed by atoms with Crippen LogP contribution in [0, 0.1) is 13.8 Å². The summed E-state index contributed by atoms with van der Waals surface area (Å²) in [6, 6.07) is 5.98. The van der Waals surface area contributed by atoms with Crippen molar-refractivity contribution in [2.75, 3.05) is 5.73 Å². The molecule has 1 aromatic carbocycles. The summed E-state index contributed by atoms with van der Waals surface area (Å²) >= 11 is 0. The number of hydrogen-bond acceptors (Lipinski definition) is 4. The van der Waals surface area contributed by atoms with Crippen LogP contribution in [-0.4, -0.2) is 9.97 Å². The zero-order valence-electron chi connectivity index (χ0n) is 11.6. The third-order valence-corrected chi connectivity index (χ3v) is 3.13. The number of nitrogens with two attached hydrogens (primary N) is 1. The number of nitrogens with zero attached hydrogens (tertiary/aromatic N) is 2. The summed E-state index contributed by atoms with van der Waals surface area (Å²) in [7, 11) is 0. The number of nitrogen functional groups attached to an aromatic ring is 1. The number of hydrogen-bond donors (Lipinski definition) is 1. The quantitative estimate of drug-likeness (QED) is 0.911. The van der Waals surface area contributed by atoms with Crippen LogP contribution in [0.5, 0.6) is 11.6 Å². The number of ether oxygens (including phenoxy) is 1. The van der Waals surface area contributed by atoms with E-state index in [0.717, 1.165) is 24.2 Å². The second-order valence-corrected chi connectivity index (χ2v) is 4.64. The molecule has 4 nitrogen and oxygen atoms in total. The topological polar surface area (TPSA) is 61.0 Å². The maximum Gasteiger partial charge on any atom is 0.227 e. The van der Waals surface area contributed by atoms with Crippen LogP contribution in [0.4, 0.5) is 5.82 Å². The minimum Gasteiger partial charge on any atom is -0.439 e. The molecule has 0 fully saturated rings. The van der Waals surface area contributed by atoms with E-state index in [-0.39, 0.29) is 0 Å². The first-order chi connectivity index (χ1) is 9.11. The summed E-state index contributed by atoms with van der Waals surface area (Å²) in [6.07, 6.45) is 3.22. The Morgan fingerprint density at radius 1 is 1.16 bits per heavy atom. The van der Waals surface area contributed by atoms with Crippen LogP contribution in [0.1, 0.15) is 30.0 Å². The highest BCUT2D eigenvalue weighted by Gasteiger charge is 2.10. The molecule has 0 bridgehead atoms. The van der Waals surface area contributed by atoms with Gasteiger partial charge in [-0.05, 0) is 43.5 Å². The van der Waals surface area contributed by atoms with Gasteiger partial charge in [0, 0.05) is 0 Å². The molecule has 0 unspecified atom stereocenters. The molecule has 0 atom stereocenters. The lowest BCUT2D eigenvalue weighted by atomic mass is 10.1. The Kier molecular flexibility index (Phi) is 4.00. The molecule has 19 heavy (non-hydrogen) atoms. The van der Waals surface area contributed by atoms with Gasteiger partial charge in [-0.2, -0.15) is 0 Å². The van der Waals surface area contributed by atoms with Crippen LogP contribution in [0.15, 0.2) is 24.5 Å². The third-order valence-electron chi connectivity index (χ3n) is 3.13. The average Bonchev–Trinajstić information content (AvgIpc) is 2.38. The number of aryl methyl sites for hydroxylation is 2. The number of aromatic nitrogens is 2. The lowest BCUT2D eigenvalue weighted by molar-refractivity contribution is 0.454. The van der Waals surface area contributed by atoms with Crippen molar-refractivity contribution in [3.05, 3.63) is 41.2 Å². The molecule has 0 saturated heterocycles. The Hall–Kier alpha value is -2.10. The van der Waals surface area contributed by atoms with Crippen molar-refractivity contribution in [2.24, 2.45) is 0 Å². The average molecular weight is 257 g/mol. The molecule has 2 rings (SSSR count). The summed E-state index contributed by atoms with van der Waals surface area (Å²) in [6.45, 7) is 6.22. The molecule has 1 aromatic heterocycles. The van der Waals surface area contributed by atoms with E-state index in [1.165, 1.54) is 17.5 Å². The lowest BCUT2D eigenvalue weighted by Crippen LogP contribution is -2.02. The van der Waals surface area contributed by atoms with Crippen LogP contribution >= 0.6 is 0 Å². The van der Waals surface area contributed by atoms with Gasteiger partial charge >= 0.3 is 0 Å². The summed E-state index contributed by atoms with van der Waals surface area (Å²) in [4.78, 5) is 8.21. The summed E-state index contributed by atoms with van der Waals surface area (Å²) in [5, 5.41) is 0. The minimum absolute atomic E-state index is 0.496. The second kappa shape index (κ2) is 5.69. The smallest absolute Gasteiger partial charge is 0.227 e. The predicted octanol–water partition coefficient (Wildman–Crippen LogP) is 3.42. The van der Waals surface area contributed by atoms with Crippen molar-refractivity contribution in [3.63, 3.8) is 0 Å². The summed E-state index contributed by atoms with van der Waals surface area (Å²) in [5.41, 5.74) is 9.19. The number of rotatable bonds is 4. The van der Waals surface area contributed by atoms with E-state index in [2.05, 4.69) is 30.7 Å². The summed E-state index contributed by atoms with van der Waals surface area (Å²) in [5.74, 6) is 1.83. The Morgan fingerprint density at radius 3 is 2.63 bits per heavy atom. The van der Waals surface area contributed by atoms with E-state index in [1.54, 1.807) is 0 Å². The normalized spacial score (nSPS) is 10.5. The molecular weight excluding hydrogens is 238 g/mol. The fraction of sp³-hybridized carbons (Fsp3) is 0.333. The number of benzene rings is 1. The molecule has 0 radical (unpaired) electrons. The Bertz CT molecular complexity index is 582. The van der Waals surface area contributed by atoms with Crippen LogP contribution in [0.2, 0.25) is 0 Å². The molecule has 4 heteroatoms. The van der Waals surface area contributed by atoms with Crippen molar-refractivity contribution in [3.8, 4) is 11.6 Å². The van der Waals surface area contributed by atoms with Gasteiger partial charge in [0.2, 0.25) is 5.88 Å². The summed E-state index contributed by atoms with van der Waals surface area (Å²) < 4.78 is 5.85. The molecular formula is C15H19N3O. The van der Waals surface area contributed by atoms with Crippen molar-refractivity contribution < 1.29 is 4.74 Å². The van der Waals surface area contributed by atoms with Crippen molar-refractivity contribution in [1.82, 2.24) is 9.97 Å². The van der Waals surface area contributed by atoms with Gasteiger partial charge in [-0.1, -0.05) is 19.4 Å². The zero-order chi connectivity index (χ0) is 13.8. The van der Waals surface area contributed by atoms with Crippen LogP contribution in [0.25, 0.3) is 0 Å². The van der Waals surface area contributed by atoms with E-state index in [0.29, 0.717) is 11.7 Å². The van der Waals surface area contributed by atoms with E-state index >= 15 is 0 Å². The molecule has 2 aromatic rings.